The number of benzene rings is 1. The topological polar surface area (TPSA) is 119 Å². The average Bonchev–Trinajstić information content (AvgIpc) is 2.42. The summed E-state index contributed by atoms with van der Waals surface area (Å²) in [5, 5.41) is 14.0. The molecule has 1 aromatic carbocycles. The summed E-state index contributed by atoms with van der Waals surface area (Å²) in [4.78, 5) is 18.1. The van der Waals surface area contributed by atoms with Gasteiger partial charge in [-0.25, -0.2) is 15.8 Å². The van der Waals surface area contributed by atoms with Crippen molar-refractivity contribution in [2.45, 2.75) is 0 Å². The normalized spacial score (nSPS) is 10.2. The van der Waals surface area contributed by atoms with Gasteiger partial charge in [0, 0.05) is 8.95 Å². The molecule has 0 spiro atoms. The maximum absolute atomic E-state index is 11.1. The lowest BCUT2D eigenvalue weighted by Crippen LogP contribution is -2.13. The van der Waals surface area contributed by atoms with E-state index in [0.29, 0.717) is 5.69 Å². The van der Waals surface area contributed by atoms with Gasteiger partial charge >= 0.3 is 5.69 Å². The van der Waals surface area contributed by atoms with Gasteiger partial charge in [-0.2, -0.15) is 0 Å². The molecule has 0 unspecified atom stereocenters. The molecule has 0 bridgehead atoms. The van der Waals surface area contributed by atoms with Gasteiger partial charge in [0.05, 0.1) is 10.6 Å². The predicted octanol–water partition coefficient (Wildman–Crippen LogP) is 2.94. The second-order valence-electron chi connectivity index (χ2n) is 3.54. The van der Waals surface area contributed by atoms with Crippen LogP contribution in [0.25, 0.3) is 0 Å². The van der Waals surface area contributed by atoms with Crippen molar-refractivity contribution in [2.24, 2.45) is 5.84 Å². The molecular weight excluding hydrogens is 396 g/mol. The van der Waals surface area contributed by atoms with E-state index >= 15 is 0 Å². The Morgan fingerprint density at radius 3 is 2.35 bits per heavy atom. The molecule has 1 aromatic heterocycles. The summed E-state index contributed by atoms with van der Waals surface area (Å²) in [5.41, 5.74) is 2.45. The van der Waals surface area contributed by atoms with E-state index in [1.807, 2.05) is 6.07 Å². The minimum atomic E-state index is -0.609. The predicted molar refractivity (Wildman–Crippen MR) is 81.6 cm³/mol. The first kappa shape index (κ1) is 14.6. The molecule has 0 radical (unpaired) electrons. The number of nitrogens with zero attached hydrogens (tertiary/aromatic N) is 3. The number of para-hydroxylation sites is 1. The molecule has 0 fully saturated rings. The molecule has 0 saturated carbocycles. The molecule has 0 saturated heterocycles. The molecule has 0 aliphatic carbocycles. The summed E-state index contributed by atoms with van der Waals surface area (Å²) in [7, 11) is 0. The van der Waals surface area contributed by atoms with Crippen LogP contribution in [0.4, 0.5) is 23.0 Å². The van der Waals surface area contributed by atoms with E-state index in [4.69, 9.17) is 5.84 Å². The highest BCUT2D eigenvalue weighted by Crippen LogP contribution is 2.36. The fourth-order valence-electron chi connectivity index (χ4n) is 1.48. The SMILES string of the molecule is NNc1ncnc(Nc2c(Br)cccc2Br)c1[N+](=O)[O-]. The monoisotopic (exact) mass is 402 g/mol. The Morgan fingerprint density at radius 2 is 1.80 bits per heavy atom. The number of anilines is 3. The van der Waals surface area contributed by atoms with Crippen LogP contribution in [0.3, 0.4) is 0 Å². The molecule has 2 aromatic rings. The lowest BCUT2D eigenvalue weighted by atomic mass is 10.3. The third-order valence-electron chi connectivity index (χ3n) is 2.35. The van der Waals surface area contributed by atoms with Crippen molar-refractivity contribution in [3.8, 4) is 0 Å². The molecule has 20 heavy (non-hydrogen) atoms. The Labute approximate surface area is 130 Å². The number of hydrogen-bond donors (Lipinski definition) is 3. The highest BCUT2D eigenvalue weighted by Gasteiger charge is 2.23. The molecule has 0 amide bonds. The van der Waals surface area contributed by atoms with E-state index in [0.717, 1.165) is 8.95 Å². The summed E-state index contributed by atoms with van der Waals surface area (Å²) in [6.07, 6.45) is 1.18. The van der Waals surface area contributed by atoms with Gasteiger partial charge in [-0.1, -0.05) is 6.07 Å². The van der Waals surface area contributed by atoms with E-state index < -0.39 is 4.92 Å². The van der Waals surface area contributed by atoms with Gasteiger partial charge in [-0.05, 0) is 44.0 Å². The average molecular weight is 404 g/mol. The fraction of sp³-hybridized carbons (Fsp3) is 0. The lowest BCUT2D eigenvalue weighted by molar-refractivity contribution is -0.383. The zero-order chi connectivity index (χ0) is 14.7. The van der Waals surface area contributed by atoms with Gasteiger partial charge in [0.2, 0.25) is 11.6 Å². The number of nitro groups is 1. The summed E-state index contributed by atoms with van der Waals surface area (Å²) in [5.74, 6) is 5.18. The van der Waals surface area contributed by atoms with E-state index in [9.17, 15) is 10.1 Å². The molecule has 0 aliphatic heterocycles. The number of rotatable bonds is 4. The quantitative estimate of drug-likeness (QED) is 0.407. The number of nitrogens with one attached hydrogen (secondary N) is 2. The minimum absolute atomic E-state index is 0.0329. The highest BCUT2D eigenvalue weighted by atomic mass is 79.9. The van der Waals surface area contributed by atoms with Crippen LogP contribution in [-0.2, 0) is 0 Å². The Balaban J connectivity index is 2.51. The maximum atomic E-state index is 11.1. The van der Waals surface area contributed by atoms with Gasteiger partial charge in [0.15, 0.2) is 0 Å². The molecule has 104 valence electrons. The zero-order valence-electron chi connectivity index (χ0n) is 9.80. The number of hydrogen-bond acceptors (Lipinski definition) is 7. The van der Waals surface area contributed by atoms with Gasteiger partial charge in [-0.15, -0.1) is 0 Å². The molecule has 2 rings (SSSR count). The van der Waals surface area contributed by atoms with Gasteiger partial charge in [-0.3, -0.25) is 10.1 Å². The van der Waals surface area contributed by atoms with Crippen molar-refractivity contribution in [3.05, 3.63) is 43.6 Å². The second kappa shape index (κ2) is 6.11. The first-order chi connectivity index (χ1) is 9.54. The van der Waals surface area contributed by atoms with Gasteiger partial charge in [0.25, 0.3) is 0 Å². The summed E-state index contributed by atoms with van der Waals surface area (Å²) >= 11 is 6.71. The third-order valence-corrected chi connectivity index (χ3v) is 3.67. The van der Waals surface area contributed by atoms with Crippen LogP contribution in [0.15, 0.2) is 33.5 Å². The second-order valence-corrected chi connectivity index (χ2v) is 5.25. The van der Waals surface area contributed by atoms with E-state index in [2.05, 4.69) is 52.6 Å². The Bertz CT molecular complexity index is 646. The van der Waals surface area contributed by atoms with Crippen LogP contribution in [0.2, 0.25) is 0 Å². The number of nitrogen functional groups attached to an aromatic ring is 1. The van der Waals surface area contributed by atoms with Crippen LogP contribution in [0.1, 0.15) is 0 Å². The van der Waals surface area contributed by atoms with Crippen LogP contribution in [-0.4, -0.2) is 14.9 Å². The number of aromatic nitrogens is 2. The summed E-state index contributed by atoms with van der Waals surface area (Å²) in [6.45, 7) is 0. The Kier molecular flexibility index (Phi) is 4.47. The van der Waals surface area contributed by atoms with Crippen LogP contribution >= 0.6 is 31.9 Å². The summed E-state index contributed by atoms with van der Waals surface area (Å²) < 4.78 is 1.45. The van der Waals surface area contributed by atoms with Crippen LogP contribution in [0.5, 0.6) is 0 Å². The van der Waals surface area contributed by atoms with Crippen molar-refractivity contribution in [1.29, 1.82) is 0 Å². The fourth-order valence-corrected chi connectivity index (χ4v) is 2.68. The molecule has 0 atom stereocenters. The lowest BCUT2D eigenvalue weighted by Gasteiger charge is -2.11. The highest BCUT2D eigenvalue weighted by molar-refractivity contribution is 9.11. The van der Waals surface area contributed by atoms with E-state index in [1.165, 1.54) is 6.33 Å². The van der Waals surface area contributed by atoms with Crippen molar-refractivity contribution in [2.75, 3.05) is 10.7 Å². The smallest absolute Gasteiger partial charge is 0.332 e. The molecule has 4 N–H and O–H groups in total. The molecule has 0 aliphatic rings. The van der Waals surface area contributed by atoms with E-state index in [-0.39, 0.29) is 17.3 Å². The Hall–Kier alpha value is -1.78. The number of halogens is 2. The number of nitrogens with two attached hydrogens (primary N) is 1. The van der Waals surface area contributed by atoms with Crippen LogP contribution in [0, 0.1) is 10.1 Å². The van der Waals surface area contributed by atoms with E-state index in [1.54, 1.807) is 12.1 Å². The van der Waals surface area contributed by atoms with Gasteiger partial charge in [0.1, 0.15) is 6.33 Å². The van der Waals surface area contributed by atoms with Crippen molar-refractivity contribution >= 4 is 54.9 Å². The van der Waals surface area contributed by atoms with Crippen molar-refractivity contribution in [1.82, 2.24) is 9.97 Å². The first-order valence-corrected chi connectivity index (χ1v) is 6.80. The number of hydrazine groups is 1. The van der Waals surface area contributed by atoms with Gasteiger partial charge < -0.3 is 10.7 Å². The largest absolute Gasteiger partial charge is 0.354 e. The molecule has 10 heteroatoms. The first-order valence-electron chi connectivity index (χ1n) is 5.21. The summed E-state index contributed by atoms with van der Waals surface area (Å²) in [6, 6.07) is 5.41. The standard InChI is InChI=1S/C10H8Br2N6O2/c11-5-2-1-3-6(12)7(5)16-9-8(18(19)20)10(17-13)15-4-14-9/h1-4H,13H2,(H2,14,15,16,17). The molecule has 8 nitrogen and oxygen atoms in total. The third kappa shape index (κ3) is 2.86. The zero-order valence-corrected chi connectivity index (χ0v) is 13.0. The van der Waals surface area contributed by atoms with Crippen molar-refractivity contribution < 1.29 is 4.92 Å². The molecule has 1 heterocycles. The Morgan fingerprint density at radius 1 is 1.20 bits per heavy atom. The maximum Gasteiger partial charge on any atom is 0.354 e. The van der Waals surface area contributed by atoms with Crippen LogP contribution < -0.4 is 16.6 Å². The minimum Gasteiger partial charge on any atom is -0.332 e. The van der Waals surface area contributed by atoms with Crippen molar-refractivity contribution in [3.63, 3.8) is 0 Å². The molecular formula is C10H8Br2N6O2.